The molecule has 0 saturated carbocycles. The Morgan fingerprint density at radius 1 is 1.36 bits per heavy atom. The van der Waals surface area contributed by atoms with Crippen LogP contribution in [0.2, 0.25) is 5.02 Å². The second-order valence-electron chi connectivity index (χ2n) is 4.31. The van der Waals surface area contributed by atoms with Crippen LogP contribution < -0.4 is 4.74 Å². The summed E-state index contributed by atoms with van der Waals surface area (Å²) >= 11 is 5.97. The molecule has 0 aliphatic heterocycles. The lowest BCUT2D eigenvalue weighted by Crippen LogP contribution is -2.13. The summed E-state index contributed by atoms with van der Waals surface area (Å²) < 4.78 is 28.9. The van der Waals surface area contributed by atoms with Crippen LogP contribution in [0.25, 0.3) is 0 Å². The number of halogens is 1. The lowest BCUT2D eigenvalue weighted by molar-refractivity contribution is 0.0696. The van der Waals surface area contributed by atoms with Crippen LogP contribution in [0.4, 0.5) is 0 Å². The minimum atomic E-state index is -3.62. The zero-order valence-corrected chi connectivity index (χ0v) is 13.0. The fourth-order valence-corrected chi connectivity index (χ4v) is 2.89. The van der Waals surface area contributed by atoms with Crippen LogP contribution in [0.5, 0.6) is 5.75 Å². The molecule has 0 aliphatic carbocycles. The van der Waals surface area contributed by atoms with Gasteiger partial charge in [0.15, 0.2) is 15.6 Å². The van der Waals surface area contributed by atoms with Crippen molar-refractivity contribution in [2.45, 2.75) is 11.4 Å². The van der Waals surface area contributed by atoms with E-state index in [-0.39, 0.29) is 34.4 Å². The number of aromatic carboxylic acids is 1. The largest absolute Gasteiger partial charge is 0.489 e. The Morgan fingerprint density at radius 3 is 2.55 bits per heavy atom. The summed E-state index contributed by atoms with van der Waals surface area (Å²) in [7, 11) is -3.62. The highest BCUT2D eigenvalue weighted by atomic mass is 35.5. The van der Waals surface area contributed by atoms with Crippen LogP contribution in [0.3, 0.4) is 0 Å². The van der Waals surface area contributed by atoms with Gasteiger partial charge in [-0.15, -0.1) is 0 Å². The summed E-state index contributed by atoms with van der Waals surface area (Å²) in [6.07, 6.45) is 3.96. The number of rotatable bonds is 6. The molecule has 1 N–H and O–H groups in total. The summed E-state index contributed by atoms with van der Waals surface area (Å²) in [5.74, 6) is -1.46. The minimum absolute atomic E-state index is 0.0278. The molecule has 2 rings (SSSR count). The maximum Gasteiger partial charge on any atom is 0.337 e. The Hall–Kier alpha value is -2.13. The minimum Gasteiger partial charge on any atom is -0.489 e. The maximum atomic E-state index is 11.8. The monoisotopic (exact) mass is 345 g/mol. The number of carboxylic acid groups (broad SMARTS) is 1. The van der Waals surface area contributed by atoms with Gasteiger partial charge < -0.3 is 9.84 Å². The zero-order valence-electron chi connectivity index (χ0n) is 11.4. The topological polar surface area (TPSA) is 111 Å². The number of sulfone groups is 1. The third-order valence-electron chi connectivity index (χ3n) is 2.70. The van der Waals surface area contributed by atoms with E-state index in [0.29, 0.717) is 0 Å². The van der Waals surface area contributed by atoms with Gasteiger partial charge in [-0.25, -0.2) is 13.2 Å². The first-order valence-corrected chi connectivity index (χ1v) is 8.30. The van der Waals surface area contributed by atoms with Crippen LogP contribution in [-0.2, 0) is 16.4 Å². The van der Waals surface area contributed by atoms with Crippen molar-refractivity contribution in [3.63, 3.8) is 0 Å². The molecule has 2 aromatic rings. The average Bonchev–Trinajstić information content (AvgIpc) is 2.91. The maximum absolute atomic E-state index is 11.8. The first-order chi connectivity index (χ1) is 10.3. The van der Waals surface area contributed by atoms with Crippen LogP contribution in [0, 0.1) is 0 Å². The van der Waals surface area contributed by atoms with E-state index in [1.165, 1.54) is 17.2 Å². The Labute approximate surface area is 131 Å². The van der Waals surface area contributed by atoms with Crippen molar-refractivity contribution in [2.24, 2.45) is 0 Å². The fraction of sp³-hybridized carbons (Fsp3) is 0.250. The number of carbonyl (C=O) groups is 1. The predicted molar refractivity (Wildman–Crippen MR) is 77.0 cm³/mol. The SMILES string of the molecule is CS(=O)(=O)c1ccc(C(=O)O)c(Cl)c1OCCn1nccn1. The molecule has 0 fully saturated rings. The molecule has 1 heterocycles. The molecule has 0 aliphatic rings. The number of hydrogen-bond donors (Lipinski definition) is 1. The van der Waals surface area contributed by atoms with E-state index < -0.39 is 15.8 Å². The highest BCUT2D eigenvalue weighted by Gasteiger charge is 2.22. The van der Waals surface area contributed by atoms with E-state index in [9.17, 15) is 13.2 Å². The molecule has 0 bridgehead atoms. The van der Waals surface area contributed by atoms with Gasteiger partial charge in [0.05, 0.1) is 29.5 Å². The van der Waals surface area contributed by atoms with Crippen LogP contribution >= 0.6 is 11.6 Å². The second kappa shape index (κ2) is 6.32. The molecular weight excluding hydrogens is 334 g/mol. The molecule has 1 aromatic heterocycles. The number of nitrogens with zero attached hydrogens (tertiary/aromatic N) is 3. The van der Waals surface area contributed by atoms with Crippen LogP contribution in [0.1, 0.15) is 10.4 Å². The molecule has 0 amide bonds. The molecule has 22 heavy (non-hydrogen) atoms. The van der Waals surface area contributed by atoms with Crippen molar-refractivity contribution in [1.82, 2.24) is 15.0 Å². The van der Waals surface area contributed by atoms with E-state index in [2.05, 4.69) is 10.2 Å². The quantitative estimate of drug-likeness (QED) is 0.834. The predicted octanol–water partition coefficient (Wildman–Crippen LogP) is 1.11. The first kappa shape index (κ1) is 16.2. The second-order valence-corrected chi connectivity index (χ2v) is 6.67. The molecule has 8 nitrogen and oxygen atoms in total. The van der Waals surface area contributed by atoms with Gasteiger partial charge in [-0.2, -0.15) is 15.0 Å². The van der Waals surface area contributed by atoms with E-state index in [4.69, 9.17) is 21.4 Å². The zero-order chi connectivity index (χ0) is 16.3. The van der Waals surface area contributed by atoms with E-state index in [1.807, 2.05) is 0 Å². The number of hydrogen-bond acceptors (Lipinski definition) is 6. The first-order valence-electron chi connectivity index (χ1n) is 6.03. The van der Waals surface area contributed by atoms with Gasteiger partial charge >= 0.3 is 5.97 Å². The highest BCUT2D eigenvalue weighted by molar-refractivity contribution is 7.90. The number of benzene rings is 1. The molecule has 0 spiro atoms. The van der Waals surface area contributed by atoms with Crippen molar-refractivity contribution in [3.8, 4) is 5.75 Å². The van der Waals surface area contributed by atoms with Crippen molar-refractivity contribution in [1.29, 1.82) is 0 Å². The summed E-state index contributed by atoms with van der Waals surface area (Å²) in [4.78, 5) is 12.3. The van der Waals surface area contributed by atoms with Crippen molar-refractivity contribution in [3.05, 3.63) is 35.1 Å². The third kappa shape index (κ3) is 3.55. The van der Waals surface area contributed by atoms with Crippen LogP contribution in [0.15, 0.2) is 29.4 Å². The third-order valence-corrected chi connectivity index (χ3v) is 4.19. The molecule has 0 unspecified atom stereocenters. The Balaban J connectivity index is 2.33. The molecular formula is C12H12ClN3O5S. The standard InChI is InChI=1S/C12H12ClN3O5S/c1-22(19,20)9-3-2-8(12(17)18)10(13)11(9)21-7-6-16-14-4-5-15-16/h2-5H,6-7H2,1H3,(H,17,18). The average molecular weight is 346 g/mol. The number of aromatic nitrogens is 3. The van der Waals surface area contributed by atoms with Crippen molar-refractivity contribution in [2.75, 3.05) is 12.9 Å². The smallest absolute Gasteiger partial charge is 0.337 e. The number of carboxylic acids is 1. The van der Waals surface area contributed by atoms with Gasteiger partial charge in [0, 0.05) is 6.26 Å². The highest BCUT2D eigenvalue weighted by Crippen LogP contribution is 2.35. The fourth-order valence-electron chi connectivity index (χ4n) is 1.72. The van der Waals surface area contributed by atoms with E-state index in [0.717, 1.165) is 18.4 Å². The van der Waals surface area contributed by atoms with Gasteiger partial charge in [0.25, 0.3) is 0 Å². The molecule has 118 valence electrons. The molecule has 0 saturated heterocycles. The van der Waals surface area contributed by atoms with Gasteiger partial charge in [-0.3, -0.25) is 0 Å². The van der Waals surface area contributed by atoms with E-state index in [1.54, 1.807) is 0 Å². The summed E-state index contributed by atoms with van der Waals surface area (Å²) in [6, 6.07) is 2.29. The van der Waals surface area contributed by atoms with Crippen molar-refractivity contribution >= 4 is 27.4 Å². The summed E-state index contributed by atoms with van der Waals surface area (Å²) in [6.45, 7) is 0.282. The number of ether oxygens (including phenoxy) is 1. The van der Waals surface area contributed by atoms with Gasteiger partial charge in [-0.1, -0.05) is 11.6 Å². The lowest BCUT2D eigenvalue weighted by atomic mass is 10.2. The van der Waals surface area contributed by atoms with E-state index >= 15 is 0 Å². The summed E-state index contributed by atoms with van der Waals surface area (Å²) in [5.41, 5.74) is -0.235. The Kier molecular flexibility index (Phi) is 4.67. The van der Waals surface area contributed by atoms with Gasteiger partial charge in [0.2, 0.25) is 0 Å². The van der Waals surface area contributed by atoms with Crippen molar-refractivity contribution < 1.29 is 23.1 Å². The lowest BCUT2D eigenvalue weighted by Gasteiger charge is -2.13. The molecule has 0 atom stereocenters. The molecule has 10 heteroatoms. The molecule has 1 aromatic carbocycles. The van der Waals surface area contributed by atoms with Gasteiger partial charge in [-0.05, 0) is 12.1 Å². The van der Waals surface area contributed by atoms with Gasteiger partial charge in [0.1, 0.15) is 11.5 Å². The normalized spacial score (nSPS) is 11.4. The Bertz CT molecular complexity index is 789. The molecule has 0 radical (unpaired) electrons. The summed E-state index contributed by atoms with van der Waals surface area (Å²) in [5, 5.41) is 16.5. The van der Waals surface area contributed by atoms with Crippen LogP contribution in [-0.4, -0.2) is 47.4 Å². The Morgan fingerprint density at radius 2 is 2.00 bits per heavy atom.